The van der Waals surface area contributed by atoms with Crippen LogP contribution in [0.25, 0.3) is 11.4 Å². The van der Waals surface area contributed by atoms with Crippen LogP contribution in [0.2, 0.25) is 0 Å². The lowest BCUT2D eigenvalue weighted by atomic mass is 9.96. The van der Waals surface area contributed by atoms with Crippen molar-refractivity contribution in [3.05, 3.63) is 36.0 Å². The van der Waals surface area contributed by atoms with Crippen molar-refractivity contribution in [2.24, 2.45) is 5.92 Å². The number of nitrogens with zero attached hydrogens (tertiary/aromatic N) is 4. The number of piperidine rings is 1. The molecule has 2 aromatic rings. The Morgan fingerprint density at radius 1 is 1.36 bits per heavy atom. The summed E-state index contributed by atoms with van der Waals surface area (Å²) in [6.07, 6.45) is 2.14. The standard InChI is InChI=1S/C16H21FN4O3S/c1-20(2)25(22,23)21-9-5-6-12(11-21)10-15-18-16(19-24-15)13-7-3-4-8-14(13)17/h3-4,7-8,12H,5-6,9-11H2,1-2H3. The molecule has 1 atom stereocenters. The molecule has 1 fully saturated rings. The zero-order chi connectivity index (χ0) is 18.0. The van der Waals surface area contributed by atoms with Crippen LogP contribution in [0.3, 0.4) is 0 Å². The highest BCUT2D eigenvalue weighted by Gasteiger charge is 2.31. The highest BCUT2D eigenvalue weighted by molar-refractivity contribution is 7.86. The van der Waals surface area contributed by atoms with E-state index in [1.54, 1.807) is 18.2 Å². The Morgan fingerprint density at radius 3 is 2.84 bits per heavy atom. The van der Waals surface area contributed by atoms with Crippen molar-refractivity contribution in [3.63, 3.8) is 0 Å². The van der Waals surface area contributed by atoms with Gasteiger partial charge in [0.1, 0.15) is 5.82 Å². The van der Waals surface area contributed by atoms with Crippen LogP contribution in [0.1, 0.15) is 18.7 Å². The molecule has 136 valence electrons. The van der Waals surface area contributed by atoms with Crippen LogP contribution >= 0.6 is 0 Å². The first kappa shape index (κ1) is 18.0. The van der Waals surface area contributed by atoms with Crippen LogP contribution < -0.4 is 0 Å². The molecule has 1 aliphatic heterocycles. The third-order valence-corrected chi connectivity index (χ3v) is 6.22. The fourth-order valence-electron chi connectivity index (χ4n) is 2.97. The summed E-state index contributed by atoms with van der Waals surface area (Å²) in [7, 11) is -0.367. The van der Waals surface area contributed by atoms with Crippen molar-refractivity contribution in [1.82, 2.24) is 18.8 Å². The first-order valence-electron chi connectivity index (χ1n) is 8.13. The van der Waals surface area contributed by atoms with Gasteiger partial charge in [0.2, 0.25) is 11.7 Å². The van der Waals surface area contributed by atoms with Crippen LogP contribution in [-0.4, -0.2) is 54.4 Å². The van der Waals surface area contributed by atoms with Crippen LogP contribution in [-0.2, 0) is 16.6 Å². The summed E-state index contributed by atoms with van der Waals surface area (Å²) >= 11 is 0. The molecule has 0 N–H and O–H groups in total. The predicted molar refractivity (Wildman–Crippen MR) is 90.3 cm³/mol. The Kier molecular flexibility index (Phi) is 5.16. The van der Waals surface area contributed by atoms with Crippen LogP contribution in [0.4, 0.5) is 4.39 Å². The van der Waals surface area contributed by atoms with E-state index in [1.165, 1.54) is 28.8 Å². The van der Waals surface area contributed by atoms with Crippen molar-refractivity contribution >= 4 is 10.2 Å². The summed E-state index contributed by atoms with van der Waals surface area (Å²) in [6.45, 7) is 0.930. The summed E-state index contributed by atoms with van der Waals surface area (Å²) < 4.78 is 46.3. The maximum atomic E-state index is 13.8. The molecule has 1 saturated heterocycles. The molecule has 0 amide bonds. The second kappa shape index (κ2) is 7.19. The van der Waals surface area contributed by atoms with Gasteiger partial charge < -0.3 is 4.52 Å². The fraction of sp³-hybridized carbons (Fsp3) is 0.500. The average molecular weight is 368 g/mol. The molecule has 25 heavy (non-hydrogen) atoms. The summed E-state index contributed by atoms with van der Waals surface area (Å²) in [4.78, 5) is 4.26. The summed E-state index contributed by atoms with van der Waals surface area (Å²) in [5.74, 6) is 0.294. The molecule has 7 nitrogen and oxygen atoms in total. The molecule has 0 bridgehead atoms. The Morgan fingerprint density at radius 2 is 2.12 bits per heavy atom. The smallest absolute Gasteiger partial charge is 0.281 e. The van der Waals surface area contributed by atoms with E-state index in [2.05, 4.69) is 10.1 Å². The van der Waals surface area contributed by atoms with Gasteiger partial charge in [-0.05, 0) is 30.9 Å². The maximum absolute atomic E-state index is 13.8. The highest BCUT2D eigenvalue weighted by atomic mass is 32.2. The highest BCUT2D eigenvalue weighted by Crippen LogP contribution is 2.25. The van der Waals surface area contributed by atoms with E-state index >= 15 is 0 Å². The molecule has 0 spiro atoms. The molecule has 2 heterocycles. The quantitative estimate of drug-likeness (QED) is 0.806. The molecule has 1 aromatic heterocycles. The van der Waals surface area contributed by atoms with Crippen molar-refractivity contribution < 1.29 is 17.3 Å². The zero-order valence-electron chi connectivity index (χ0n) is 14.2. The van der Waals surface area contributed by atoms with Gasteiger partial charge in [0, 0.05) is 33.6 Å². The monoisotopic (exact) mass is 368 g/mol. The Bertz CT molecular complexity index is 837. The van der Waals surface area contributed by atoms with E-state index in [-0.39, 0.29) is 17.3 Å². The van der Waals surface area contributed by atoms with Crippen LogP contribution in [0.15, 0.2) is 28.8 Å². The molecule has 3 rings (SSSR count). The number of hydrogen-bond acceptors (Lipinski definition) is 5. The molecule has 0 saturated carbocycles. The average Bonchev–Trinajstić information content (AvgIpc) is 3.03. The zero-order valence-corrected chi connectivity index (χ0v) is 15.0. The van der Waals surface area contributed by atoms with Gasteiger partial charge >= 0.3 is 0 Å². The summed E-state index contributed by atoms with van der Waals surface area (Å²) in [5, 5.41) is 3.84. The van der Waals surface area contributed by atoms with E-state index in [0.717, 1.165) is 12.8 Å². The first-order valence-corrected chi connectivity index (χ1v) is 9.52. The molecule has 1 aliphatic rings. The van der Waals surface area contributed by atoms with Crippen LogP contribution in [0, 0.1) is 11.7 Å². The van der Waals surface area contributed by atoms with Crippen molar-refractivity contribution in [1.29, 1.82) is 0 Å². The van der Waals surface area contributed by atoms with Crippen molar-refractivity contribution in [3.8, 4) is 11.4 Å². The predicted octanol–water partition coefficient (Wildman–Crippen LogP) is 1.94. The number of rotatable bonds is 5. The Balaban J connectivity index is 1.70. The van der Waals surface area contributed by atoms with Gasteiger partial charge in [-0.25, -0.2) is 4.39 Å². The van der Waals surface area contributed by atoms with Crippen LogP contribution in [0.5, 0.6) is 0 Å². The number of hydrogen-bond donors (Lipinski definition) is 0. The lowest BCUT2D eigenvalue weighted by Gasteiger charge is -2.32. The minimum atomic E-state index is -3.42. The molecular formula is C16H21FN4O3S. The van der Waals surface area contributed by atoms with Crippen molar-refractivity contribution in [2.75, 3.05) is 27.2 Å². The number of halogens is 1. The maximum Gasteiger partial charge on any atom is 0.281 e. The summed E-state index contributed by atoms with van der Waals surface area (Å²) in [6, 6.07) is 6.24. The second-order valence-corrected chi connectivity index (χ2v) is 8.49. The van der Waals surface area contributed by atoms with Gasteiger partial charge in [-0.15, -0.1) is 0 Å². The van der Waals surface area contributed by atoms with Gasteiger partial charge in [-0.3, -0.25) is 0 Å². The van der Waals surface area contributed by atoms with E-state index < -0.39 is 16.0 Å². The number of aromatic nitrogens is 2. The third kappa shape index (κ3) is 3.88. The Labute approximate surface area is 146 Å². The third-order valence-electron chi connectivity index (χ3n) is 4.32. The van der Waals surface area contributed by atoms with E-state index in [4.69, 9.17) is 4.52 Å². The van der Waals surface area contributed by atoms with Gasteiger partial charge in [-0.2, -0.15) is 22.0 Å². The van der Waals surface area contributed by atoms with Gasteiger partial charge in [0.05, 0.1) is 5.56 Å². The van der Waals surface area contributed by atoms with Gasteiger partial charge in [0.15, 0.2) is 0 Å². The SMILES string of the molecule is CN(C)S(=O)(=O)N1CCCC(Cc2nc(-c3ccccc3F)no2)C1. The van der Waals surface area contributed by atoms with Gasteiger partial charge in [-0.1, -0.05) is 17.3 Å². The fourth-order valence-corrected chi connectivity index (χ4v) is 4.19. The molecule has 9 heteroatoms. The first-order chi connectivity index (χ1) is 11.9. The van der Waals surface area contributed by atoms with E-state index in [1.807, 2.05) is 0 Å². The minimum Gasteiger partial charge on any atom is -0.339 e. The topological polar surface area (TPSA) is 79.5 Å². The molecular weight excluding hydrogens is 347 g/mol. The normalized spacial score (nSPS) is 19.4. The van der Waals surface area contributed by atoms with Gasteiger partial charge in [0.25, 0.3) is 10.2 Å². The number of benzene rings is 1. The summed E-state index contributed by atoms with van der Waals surface area (Å²) in [5.41, 5.74) is 0.290. The lowest BCUT2D eigenvalue weighted by Crippen LogP contribution is -2.45. The largest absolute Gasteiger partial charge is 0.339 e. The Hall–Kier alpha value is -1.84. The molecule has 0 radical (unpaired) electrons. The second-order valence-electron chi connectivity index (χ2n) is 6.35. The van der Waals surface area contributed by atoms with E-state index in [0.29, 0.717) is 25.4 Å². The van der Waals surface area contributed by atoms with Crippen molar-refractivity contribution in [2.45, 2.75) is 19.3 Å². The van der Waals surface area contributed by atoms with E-state index in [9.17, 15) is 12.8 Å². The molecule has 1 unspecified atom stereocenters. The minimum absolute atomic E-state index is 0.0948. The lowest BCUT2D eigenvalue weighted by molar-refractivity contribution is 0.238. The molecule has 0 aliphatic carbocycles. The molecule has 1 aromatic carbocycles.